The summed E-state index contributed by atoms with van der Waals surface area (Å²) in [4.78, 5) is 9.84. The van der Waals surface area contributed by atoms with Crippen molar-refractivity contribution in [3.05, 3.63) is 84.3 Å². The van der Waals surface area contributed by atoms with Gasteiger partial charge in [0.05, 0.1) is 10.6 Å². The number of anilines is 2. The molecule has 0 bridgehead atoms. The summed E-state index contributed by atoms with van der Waals surface area (Å²) in [5.74, 6) is -1.21. The van der Waals surface area contributed by atoms with E-state index in [-0.39, 0.29) is 10.9 Å². The SMILES string of the molecule is CCCCc1nc(O)c(S(=O)(=O)c2ccc(-c3cccnc3C)cc2)c(O)c1N(c1ccccc1)C(C)C. The minimum absolute atomic E-state index is 0.0572. The fraction of sp³-hybridized carbons (Fsp3) is 0.267. The average molecular weight is 532 g/mol. The van der Waals surface area contributed by atoms with Gasteiger partial charge in [0.25, 0.3) is 0 Å². The molecule has 0 aliphatic carbocycles. The second-order valence-corrected chi connectivity index (χ2v) is 11.4. The van der Waals surface area contributed by atoms with Gasteiger partial charge in [0.1, 0.15) is 5.69 Å². The van der Waals surface area contributed by atoms with Crippen molar-refractivity contribution >= 4 is 21.2 Å². The van der Waals surface area contributed by atoms with Gasteiger partial charge in [-0.15, -0.1) is 0 Å². The molecule has 2 N–H and O–H groups in total. The van der Waals surface area contributed by atoms with Gasteiger partial charge in [-0.1, -0.05) is 49.7 Å². The monoisotopic (exact) mass is 531 g/mol. The van der Waals surface area contributed by atoms with Crippen molar-refractivity contribution in [1.29, 1.82) is 0 Å². The summed E-state index contributed by atoms with van der Waals surface area (Å²) in [6.45, 7) is 7.83. The molecule has 0 unspecified atom stereocenters. The lowest BCUT2D eigenvalue weighted by molar-refractivity contribution is 0.404. The molecule has 8 heteroatoms. The maximum atomic E-state index is 13.8. The zero-order valence-electron chi connectivity index (χ0n) is 22.1. The molecule has 0 amide bonds. The fourth-order valence-electron chi connectivity index (χ4n) is 4.60. The second-order valence-electron chi connectivity index (χ2n) is 9.48. The van der Waals surface area contributed by atoms with Crippen LogP contribution in [-0.4, -0.2) is 34.6 Å². The molecule has 0 atom stereocenters. The Bertz CT molecular complexity index is 1520. The van der Waals surface area contributed by atoms with Gasteiger partial charge in [-0.2, -0.15) is 0 Å². The lowest BCUT2D eigenvalue weighted by Crippen LogP contribution is -2.27. The lowest BCUT2D eigenvalue weighted by atomic mass is 10.1. The second kappa shape index (κ2) is 11.2. The quantitative estimate of drug-likeness (QED) is 0.251. The van der Waals surface area contributed by atoms with Crippen LogP contribution in [0.5, 0.6) is 11.6 Å². The van der Waals surface area contributed by atoms with Crippen LogP contribution in [0.2, 0.25) is 0 Å². The van der Waals surface area contributed by atoms with Gasteiger partial charge in [0, 0.05) is 29.2 Å². The summed E-state index contributed by atoms with van der Waals surface area (Å²) < 4.78 is 27.6. The van der Waals surface area contributed by atoms with E-state index >= 15 is 0 Å². The summed E-state index contributed by atoms with van der Waals surface area (Å²) >= 11 is 0. The first-order valence-corrected chi connectivity index (χ1v) is 14.2. The van der Waals surface area contributed by atoms with E-state index in [1.165, 1.54) is 12.1 Å². The van der Waals surface area contributed by atoms with E-state index in [0.29, 0.717) is 17.8 Å². The fourth-order valence-corrected chi connectivity index (χ4v) is 5.96. The number of para-hydroxylation sites is 1. The molecule has 0 radical (unpaired) electrons. The Hall–Kier alpha value is -3.91. The molecule has 0 spiro atoms. The maximum Gasteiger partial charge on any atom is 0.234 e. The van der Waals surface area contributed by atoms with E-state index in [1.54, 1.807) is 18.3 Å². The van der Waals surface area contributed by atoms with E-state index in [1.807, 2.05) is 75.1 Å². The zero-order valence-corrected chi connectivity index (χ0v) is 22.9. The highest BCUT2D eigenvalue weighted by Crippen LogP contribution is 2.46. The van der Waals surface area contributed by atoms with Crippen LogP contribution in [0.3, 0.4) is 0 Å². The van der Waals surface area contributed by atoms with Crippen molar-refractivity contribution in [1.82, 2.24) is 9.97 Å². The standard InChI is InChI=1S/C30H33N3O4S/c1-5-6-14-26-27(33(20(2)3)23-11-8-7-9-12-23)28(34)29(30(35)32-26)38(36,37)24-17-15-22(16-18-24)25-13-10-19-31-21(25)4/h7-13,15-20H,5-6,14H2,1-4H3,(H2,32,34,35). The van der Waals surface area contributed by atoms with Gasteiger partial charge in [0.15, 0.2) is 10.6 Å². The molecule has 2 aromatic carbocycles. The van der Waals surface area contributed by atoms with E-state index < -0.39 is 26.4 Å². The molecule has 2 aromatic heterocycles. The van der Waals surface area contributed by atoms with Crippen molar-refractivity contribution in [2.24, 2.45) is 0 Å². The number of nitrogens with zero attached hydrogens (tertiary/aromatic N) is 3. The van der Waals surface area contributed by atoms with E-state index in [0.717, 1.165) is 35.3 Å². The molecule has 198 valence electrons. The first-order chi connectivity index (χ1) is 18.2. The van der Waals surface area contributed by atoms with Crippen molar-refractivity contribution in [3.8, 4) is 22.8 Å². The summed E-state index contributed by atoms with van der Waals surface area (Å²) in [5.41, 5.74) is 4.04. The van der Waals surface area contributed by atoms with Crippen LogP contribution in [-0.2, 0) is 16.3 Å². The van der Waals surface area contributed by atoms with Crippen LogP contribution in [0.4, 0.5) is 11.4 Å². The highest BCUT2D eigenvalue weighted by Gasteiger charge is 2.33. The van der Waals surface area contributed by atoms with Crippen LogP contribution in [0.1, 0.15) is 45.0 Å². The summed E-state index contributed by atoms with van der Waals surface area (Å²) in [7, 11) is -4.32. The Kier molecular flexibility index (Phi) is 8.02. The molecule has 0 saturated carbocycles. The van der Waals surface area contributed by atoms with E-state index in [2.05, 4.69) is 9.97 Å². The number of rotatable bonds is 9. The minimum Gasteiger partial charge on any atom is -0.504 e. The molecule has 4 aromatic rings. The minimum atomic E-state index is -4.32. The first-order valence-electron chi connectivity index (χ1n) is 12.7. The Labute approximate surface area is 224 Å². The molecule has 0 fully saturated rings. The molecule has 0 aliphatic rings. The summed E-state index contributed by atoms with van der Waals surface area (Å²) in [6.07, 6.45) is 3.82. The normalized spacial score (nSPS) is 11.6. The number of aryl methyl sites for hydroxylation is 2. The highest BCUT2D eigenvalue weighted by atomic mass is 32.2. The van der Waals surface area contributed by atoms with Gasteiger partial charge in [-0.25, -0.2) is 13.4 Å². The average Bonchev–Trinajstić information content (AvgIpc) is 2.89. The third kappa shape index (κ3) is 5.22. The van der Waals surface area contributed by atoms with Crippen molar-refractivity contribution in [3.63, 3.8) is 0 Å². The van der Waals surface area contributed by atoms with Gasteiger partial charge in [-0.05, 0) is 69.5 Å². The Morgan fingerprint density at radius 3 is 2.24 bits per heavy atom. The third-order valence-corrected chi connectivity index (χ3v) is 8.27. The number of unbranched alkanes of at least 4 members (excludes halogenated alkanes) is 1. The molecule has 0 aliphatic heterocycles. The largest absolute Gasteiger partial charge is 0.504 e. The number of aromatic nitrogens is 2. The Morgan fingerprint density at radius 1 is 0.947 bits per heavy atom. The Morgan fingerprint density at radius 2 is 1.63 bits per heavy atom. The lowest BCUT2D eigenvalue weighted by Gasteiger charge is -2.32. The predicted molar refractivity (Wildman–Crippen MR) is 150 cm³/mol. The van der Waals surface area contributed by atoms with Gasteiger partial charge in [-0.3, -0.25) is 4.98 Å². The predicted octanol–water partition coefficient (Wildman–Crippen LogP) is 6.59. The van der Waals surface area contributed by atoms with Crippen LogP contribution in [0.15, 0.2) is 82.7 Å². The van der Waals surface area contributed by atoms with Crippen molar-refractivity contribution < 1.29 is 18.6 Å². The summed E-state index contributed by atoms with van der Waals surface area (Å²) in [5, 5.41) is 22.4. The number of hydrogen-bond donors (Lipinski definition) is 2. The molecule has 4 rings (SSSR count). The molecule has 38 heavy (non-hydrogen) atoms. The van der Waals surface area contributed by atoms with Gasteiger partial charge < -0.3 is 15.1 Å². The molecule has 0 saturated heterocycles. The zero-order chi connectivity index (χ0) is 27.4. The highest BCUT2D eigenvalue weighted by molar-refractivity contribution is 7.91. The molecule has 2 heterocycles. The van der Waals surface area contributed by atoms with E-state index in [9.17, 15) is 18.6 Å². The smallest absolute Gasteiger partial charge is 0.234 e. The van der Waals surface area contributed by atoms with Crippen LogP contribution in [0.25, 0.3) is 11.1 Å². The van der Waals surface area contributed by atoms with Crippen LogP contribution in [0, 0.1) is 6.92 Å². The van der Waals surface area contributed by atoms with Crippen LogP contribution >= 0.6 is 0 Å². The van der Waals surface area contributed by atoms with Gasteiger partial charge in [0.2, 0.25) is 15.7 Å². The van der Waals surface area contributed by atoms with Crippen LogP contribution < -0.4 is 4.90 Å². The van der Waals surface area contributed by atoms with E-state index in [4.69, 9.17) is 0 Å². The number of aromatic hydroxyl groups is 2. The maximum absolute atomic E-state index is 13.8. The number of sulfone groups is 1. The summed E-state index contributed by atoms with van der Waals surface area (Å²) in [6, 6.07) is 19.4. The third-order valence-electron chi connectivity index (χ3n) is 6.47. The molecular formula is C30H33N3O4S. The van der Waals surface area contributed by atoms with Crippen molar-refractivity contribution in [2.75, 3.05) is 4.90 Å². The molecule has 7 nitrogen and oxygen atoms in total. The van der Waals surface area contributed by atoms with Crippen molar-refractivity contribution in [2.45, 2.75) is 62.8 Å². The Balaban J connectivity index is 1.88. The number of hydrogen-bond acceptors (Lipinski definition) is 7. The topological polar surface area (TPSA) is 104 Å². The molecular weight excluding hydrogens is 498 g/mol. The number of pyridine rings is 2. The number of benzene rings is 2. The van der Waals surface area contributed by atoms with Gasteiger partial charge >= 0.3 is 0 Å². The first kappa shape index (κ1) is 27.1.